The molecule has 0 heterocycles. The van der Waals surface area contributed by atoms with E-state index >= 15 is 0 Å². The zero-order valence-corrected chi connectivity index (χ0v) is 11.0. The van der Waals surface area contributed by atoms with Gasteiger partial charge in [0.1, 0.15) is 6.61 Å². The number of urea groups is 1. The Morgan fingerprint density at radius 2 is 2.11 bits per heavy atom. The Hall–Kier alpha value is -1.52. The third-order valence-corrected chi connectivity index (χ3v) is 2.76. The summed E-state index contributed by atoms with van der Waals surface area (Å²) in [6, 6.07) is -0.234. The topological polar surface area (TPSA) is 67.4 Å². The van der Waals surface area contributed by atoms with E-state index in [0.29, 0.717) is 13.1 Å². The summed E-state index contributed by atoms with van der Waals surface area (Å²) in [6.07, 6.45) is 7.12. The number of esters is 1. The molecule has 0 bridgehead atoms. The molecule has 102 valence electrons. The predicted octanol–water partition coefficient (Wildman–Crippen LogP) is 1.74. The van der Waals surface area contributed by atoms with Crippen molar-refractivity contribution >= 4 is 12.0 Å². The number of hydrogen-bond donors (Lipinski definition) is 2. The van der Waals surface area contributed by atoms with Gasteiger partial charge in [0.25, 0.3) is 0 Å². The van der Waals surface area contributed by atoms with Crippen LogP contribution in [0.5, 0.6) is 0 Å². The number of allylic oxidation sites excluding steroid dienone is 1. The number of rotatable bonds is 5. The van der Waals surface area contributed by atoms with Crippen LogP contribution in [0.15, 0.2) is 11.6 Å². The summed E-state index contributed by atoms with van der Waals surface area (Å²) in [5, 5.41) is 5.21. The van der Waals surface area contributed by atoms with Crippen molar-refractivity contribution in [1.29, 1.82) is 0 Å². The fraction of sp³-hybridized carbons (Fsp3) is 0.692. The van der Waals surface area contributed by atoms with Crippen LogP contribution in [0.2, 0.25) is 0 Å². The molecule has 5 heteroatoms. The van der Waals surface area contributed by atoms with Gasteiger partial charge in [-0.3, -0.25) is 0 Å². The van der Waals surface area contributed by atoms with Gasteiger partial charge in [0.15, 0.2) is 0 Å². The lowest BCUT2D eigenvalue weighted by molar-refractivity contribution is -0.139. The molecule has 1 aliphatic rings. The molecule has 1 aliphatic carbocycles. The molecular weight excluding hydrogens is 232 g/mol. The maximum atomic E-state index is 11.7. The van der Waals surface area contributed by atoms with E-state index in [9.17, 15) is 9.59 Å². The van der Waals surface area contributed by atoms with Crippen LogP contribution in [-0.4, -0.2) is 31.7 Å². The molecule has 0 aromatic heterocycles. The van der Waals surface area contributed by atoms with E-state index < -0.39 is 0 Å². The molecular formula is C13H22N2O3. The molecule has 2 N–H and O–H groups in total. The standard InChI is InChI=1S/C13H22N2O3/c1-2-14-13(17)15-9-10-18-12(16)11-7-5-3-4-6-8-11/h7H,2-6,8-10H2,1H3,(H2,14,15,17). The van der Waals surface area contributed by atoms with Gasteiger partial charge in [-0.05, 0) is 32.6 Å². The average Bonchev–Trinajstić information content (AvgIpc) is 2.63. The first-order chi connectivity index (χ1) is 8.74. The van der Waals surface area contributed by atoms with Gasteiger partial charge in [0.2, 0.25) is 0 Å². The molecule has 0 atom stereocenters. The summed E-state index contributed by atoms with van der Waals surface area (Å²) in [4.78, 5) is 22.8. The highest BCUT2D eigenvalue weighted by molar-refractivity contribution is 5.88. The van der Waals surface area contributed by atoms with E-state index in [1.54, 1.807) is 0 Å². The van der Waals surface area contributed by atoms with Crippen molar-refractivity contribution in [3.8, 4) is 0 Å². The number of hydrogen-bond acceptors (Lipinski definition) is 3. The van der Waals surface area contributed by atoms with Crippen LogP contribution in [0.3, 0.4) is 0 Å². The van der Waals surface area contributed by atoms with Crippen LogP contribution >= 0.6 is 0 Å². The van der Waals surface area contributed by atoms with Gasteiger partial charge in [-0.15, -0.1) is 0 Å². The van der Waals surface area contributed by atoms with E-state index in [-0.39, 0.29) is 18.6 Å². The van der Waals surface area contributed by atoms with Gasteiger partial charge in [0.05, 0.1) is 6.54 Å². The van der Waals surface area contributed by atoms with E-state index in [0.717, 1.165) is 31.3 Å². The van der Waals surface area contributed by atoms with Gasteiger partial charge in [-0.1, -0.05) is 12.5 Å². The van der Waals surface area contributed by atoms with Crippen molar-refractivity contribution in [3.63, 3.8) is 0 Å². The molecule has 0 saturated carbocycles. The first-order valence-corrected chi connectivity index (χ1v) is 6.62. The van der Waals surface area contributed by atoms with Gasteiger partial charge >= 0.3 is 12.0 Å². The van der Waals surface area contributed by atoms with Crippen LogP contribution < -0.4 is 10.6 Å². The van der Waals surface area contributed by atoms with Crippen LogP contribution in [0.1, 0.15) is 39.0 Å². The van der Waals surface area contributed by atoms with Gasteiger partial charge in [-0.2, -0.15) is 0 Å². The largest absolute Gasteiger partial charge is 0.460 e. The fourth-order valence-corrected chi connectivity index (χ4v) is 1.82. The molecule has 18 heavy (non-hydrogen) atoms. The maximum absolute atomic E-state index is 11.7. The van der Waals surface area contributed by atoms with Crippen LogP contribution in [0, 0.1) is 0 Å². The zero-order chi connectivity index (χ0) is 13.2. The van der Waals surface area contributed by atoms with Crippen LogP contribution in [-0.2, 0) is 9.53 Å². The van der Waals surface area contributed by atoms with E-state index in [1.165, 1.54) is 6.42 Å². The lowest BCUT2D eigenvalue weighted by atomic mass is 10.1. The summed E-state index contributed by atoms with van der Waals surface area (Å²) >= 11 is 0. The van der Waals surface area contributed by atoms with E-state index in [1.807, 2.05) is 13.0 Å². The average molecular weight is 254 g/mol. The van der Waals surface area contributed by atoms with E-state index in [2.05, 4.69) is 10.6 Å². The molecule has 0 unspecified atom stereocenters. The second-order valence-electron chi connectivity index (χ2n) is 4.25. The second-order valence-corrected chi connectivity index (χ2v) is 4.25. The zero-order valence-electron chi connectivity index (χ0n) is 11.0. The summed E-state index contributed by atoms with van der Waals surface area (Å²) in [5.41, 5.74) is 0.783. The lowest BCUT2D eigenvalue weighted by Gasteiger charge is -2.08. The number of carbonyl (C=O) groups excluding carboxylic acids is 2. The Bertz CT molecular complexity index is 313. The van der Waals surface area contributed by atoms with Crippen molar-refractivity contribution < 1.29 is 14.3 Å². The highest BCUT2D eigenvalue weighted by Gasteiger charge is 2.12. The third-order valence-electron chi connectivity index (χ3n) is 2.76. The minimum Gasteiger partial charge on any atom is -0.460 e. The molecule has 0 saturated heterocycles. The number of nitrogens with one attached hydrogen (secondary N) is 2. The van der Waals surface area contributed by atoms with Crippen molar-refractivity contribution in [2.24, 2.45) is 0 Å². The first kappa shape index (κ1) is 14.5. The normalized spacial score (nSPS) is 15.3. The minimum absolute atomic E-state index is 0.216. The van der Waals surface area contributed by atoms with Crippen LogP contribution in [0.4, 0.5) is 4.79 Å². The summed E-state index contributed by atoms with van der Waals surface area (Å²) in [7, 11) is 0. The molecule has 5 nitrogen and oxygen atoms in total. The Balaban J connectivity index is 2.16. The Labute approximate surface area is 108 Å². The molecule has 0 aromatic carbocycles. The van der Waals surface area contributed by atoms with Crippen molar-refractivity contribution in [2.45, 2.75) is 39.0 Å². The smallest absolute Gasteiger partial charge is 0.333 e. The molecule has 0 aliphatic heterocycles. The number of amides is 2. The first-order valence-electron chi connectivity index (χ1n) is 6.62. The predicted molar refractivity (Wildman–Crippen MR) is 69.2 cm³/mol. The highest BCUT2D eigenvalue weighted by Crippen LogP contribution is 2.17. The quantitative estimate of drug-likeness (QED) is 0.580. The van der Waals surface area contributed by atoms with E-state index in [4.69, 9.17) is 4.74 Å². The monoisotopic (exact) mass is 254 g/mol. The minimum atomic E-state index is -0.241. The van der Waals surface area contributed by atoms with Crippen molar-refractivity contribution in [3.05, 3.63) is 11.6 Å². The molecule has 0 spiro atoms. The Kier molecular flexibility index (Phi) is 6.91. The Morgan fingerprint density at radius 1 is 1.28 bits per heavy atom. The lowest BCUT2D eigenvalue weighted by Crippen LogP contribution is -2.37. The Morgan fingerprint density at radius 3 is 2.89 bits per heavy atom. The maximum Gasteiger partial charge on any atom is 0.333 e. The molecule has 1 rings (SSSR count). The SMILES string of the molecule is CCNC(=O)NCCOC(=O)C1=CCCCCC1. The molecule has 0 radical (unpaired) electrons. The van der Waals surface area contributed by atoms with Crippen molar-refractivity contribution in [1.82, 2.24) is 10.6 Å². The molecule has 0 fully saturated rings. The third kappa shape index (κ3) is 5.70. The number of ether oxygens (including phenoxy) is 1. The summed E-state index contributed by atoms with van der Waals surface area (Å²) in [5.74, 6) is -0.241. The number of carbonyl (C=O) groups is 2. The van der Waals surface area contributed by atoms with Gasteiger partial charge in [-0.25, -0.2) is 9.59 Å². The van der Waals surface area contributed by atoms with Gasteiger partial charge in [0, 0.05) is 12.1 Å². The van der Waals surface area contributed by atoms with Crippen LogP contribution in [0.25, 0.3) is 0 Å². The molecule has 2 amide bonds. The second kappa shape index (κ2) is 8.55. The summed E-state index contributed by atoms with van der Waals surface area (Å²) < 4.78 is 5.12. The fourth-order valence-electron chi connectivity index (χ4n) is 1.82. The highest BCUT2D eigenvalue weighted by atomic mass is 16.5. The van der Waals surface area contributed by atoms with Crippen molar-refractivity contribution in [2.75, 3.05) is 19.7 Å². The molecule has 0 aromatic rings. The summed E-state index contributed by atoms with van der Waals surface area (Å²) in [6.45, 7) is 2.98. The van der Waals surface area contributed by atoms with Gasteiger partial charge < -0.3 is 15.4 Å².